The molecule has 0 fully saturated rings. The zero-order valence-electron chi connectivity index (χ0n) is 11.6. The lowest BCUT2D eigenvalue weighted by atomic mass is 9.95. The highest BCUT2D eigenvalue weighted by atomic mass is 19.4. The average Bonchev–Trinajstić information content (AvgIpc) is 2.35. The van der Waals surface area contributed by atoms with E-state index in [4.69, 9.17) is 11.5 Å². The van der Waals surface area contributed by atoms with Gasteiger partial charge in [0.2, 0.25) is 0 Å². The number of halogens is 6. The van der Waals surface area contributed by atoms with Gasteiger partial charge in [0.05, 0.1) is 11.1 Å². The molecule has 2 nitrogen and oxygen atoms in total. The van der Waals surface area contributed by atoms with Crippen LogP contribution in [-0.4, -0.2) is 0 Å². The molecule has 2 rings (SSSR count). The SMILES string of the molecule is Nc1ccc(C(F)(F)F)c(Cc2cc(N)ccc2C(F)(F)F)c1. The summed E-state index contributed by atoms with van der Waals surface area (Å²) in [5, 5.41) is 0. The molecule has 0 bridgehead atoms. The number of rotatable bonds is 2. The van der Waals surface area contributed by atoms with Crippen LogP contribution in [0.5, 0.6) is 0 Å². The van der Waals surface area contributed by atoms with Crippen molar-refractivity contribution < 1.29 is 26.3 Å². The molecule has 4 N–H and O–H groups in total. The number of alkyl halides is 6. The van der Waals surface area contributed by atoms with Crippen molar-refractivity contribution in [1.29, 1.82) is 0 Å². The summed E-state index contributed by atoms with van der Waals surface area (Å²) >= 11 is 0. The van der Waals surface area contributed by atoms with Crippen LogP contribution in [0.2, 0.25) is 0 Å². The van der Waals surface area contributed by atoms with Gasteiger partial charge < -0.3 is 11.5 Å². The van der Waals surface area contributed by atoms with Gasteiger partial charge >= 0.3 is 12.4 Å². The van der Waals surface area contributed by atoms with Gasteiger partial charge in [-0.15, -0.1) is 0 Å². The molecule has 0 aliphatic rings. The van der Waals surface area contributed by atoms with Crippen LogP contribution in [0.1, 0.15) is 22.3 Å². The molecular weight excluding hydrogens is 322 g/mol. The fraction of sp³-hybridized carbons (Fsp3) is 0.200. The van der Waals surface area contributed by atoms with Crippen molar-refractivity contribution in [3.63, 3.8) is 0 Å². The molecule has 8 heteroatoms. The molecule has 0 saturated heterocycles. The van der Waals surface area contributed by atoms with Crippen molar-refractivity contribution >= 4 is 11.4 Å². The summed E-state index contributed by atoms with van der Waals surface area (Å²) in [7, 11) is 0. The van der Waals surface area contributed by atoms with Crippen LogP contribution in [0.3, 0.4) is 0 Å². The summed E-state index contributed by atoms with van der Waals surface area (Å²) < 4.78 is 78.1. The van der Waals surface area contributed by atoms with E-state index in [1.165, 1.54) is 0 Å². The van der Waals surface area contributed by atoms with Gasteiger partial charge in [-0.2, -0.15) is 26.3 Å². The summed E-state index contributed by atoms with van der Waals surface area (Å²) in [6.07, 6.45) is -9.97. The fourth-order valence-electron chi connectivity index (χ4n) is 2.28. The maximum atomic E-state index is 13.0. The Hall–Kier alpha value is -2.38. The number of hydrogen-bond donors (Lipinski definition) is 2. The van der Waals surface area contributed by atoms with Crippen LogP contribution >= 0.6 is 0 Å². The van der Waals surface area contributed by atoms with Crippen LogP contribution in [-0.2, 0) is 18.8 Å². The van der Waals surface area contributed by atoms with E-state index in [0.29, 0.717) is 0 Å². The van der Waals surface area contributed by atoms with Crippen LogP contribution in [0.4, 0.5) is 37.7 Å². The zero-order chi connectivity index (χ0) is 17.4. The third kappa shape index (κ3) is 3.88. The van der Waals surface area contributed by atoms with Crippen LogP contribution in [0, 0.1) is 0 Å². The Balaban J connectivity index is 2.56. The Morgan fingerprint density at radius 1 is 0.652 bits per heavy atom. The second-order valence-corrected chi connectivity index (χ2v) is 5.01. The Kier molecular flexibility index (Phi) is 4.19. The van der Waals surface area contributed by atoms with Crippen molar-refractivity contribution in [2.24, 2.45) is 0 Å². The Bertz CT molecular complexity index is 657. The van der Waals surface area contributed by atoms with E-state index in [2.05, 4.69) is 0 Å². The number of nitrogens with two attached hydrogens (primary N) is 2. The quantitative estimate of drug-likeness (QED) is 0.628. The maximum Gasteiger partial charge on any atom is 0.416 e. The second kappa shape index (κ2) is 5.68. The molecule has 0 amide bonds. The first-order chi connectivity index (χ1) is 10.5. The van der Waals surface area contributed by atoms with Crippen LogP contribution in [0.25, 0.3) is 0 Å². The van der Waals surface area contributed by atoms with Crippen molar-refractivity contribution in [2.75, 3.05) is 11.5 Å². The monoisotopic (exact) mass is 334 g/mol. The Morgan fingerprint density at radius 3 is 1.30 bits per heavy atom. The van der Waals surface area contributed by atoms with E-state index in [0.717, 1.165) is 36.4 Å². The largest absolute Gasteiger partial charge is 0.416 e. The Morgan fingerprint density at radius 2 is 1.00 bits per heavy atom. The summed E-state index contributed by atoms with van der Waals surface area (Å²) in [6, 6.07) is 5.65. The van der Waals surface area contributed by atoms with Gasteiger partial charge in [0, 0.05) is 11.4 Å². The van der Waals surface area contributed by atoms with E-state index in [9.17, 15) is 26.3 Å². The third-order valence-corrected chi connectivity index (χ3v) is 3.25. The smallest absolute Gasteiger partial charge is 0.399 e. The molecule has 0 aromatic heterocycles. The molecule has 0 spiro atoms. The summed E-state index contributed by atoms with van der Waals surface area (Å²) in [6.45, 7) is 0. The van der Waals surface area contributed by atoms with Gasteiger partial charge in [-0.1, -0.05) is 0 Å². The molecule has 0 aliphatic heterocycles. The van der Waals surface area contributed by atoms with E-state index in [-0.39, 0.29) is 22.5 Å². The second-order valence-electron chi connectivity index (χ2n) is 5.01. The lowest BCUT2D eigenvalue weighted by Crippen LogP contribution is -2.13. The molecule has 2 aromatic carbocycles. The number of benzene rings is 2. The lowest BCUT2D eigenvalue weighted by molar-refractivity contribution is -0.138. The minimum absolute atomic E-state index is 0.0328. The molecule has 0 atom stereocenters. The minimum Gasteiger partial charge on any atom is -0.399 e. The van der Waals surface area contributed by atoms with Gasteiger partial charge in [-0.25, -0.2) is 0 Å². The number of hydrogen-bond acceptors (Lipinski definition) is 2. The van der Waals surface area contributed by atoms with E-state index < -0.39 is 29.9 Å². The van der Waals surface area contributed by atoms with Gasteiger partial charge in [0.15, 0.2) is 0 Å². The molecule has 124 valence electrons. The zero-order valence-corrected chi connectivity index (χ0v) is 11.6. The molecule has 0 radical (unpaired) electrons. The van der Waals surface area contributed by atoms with Crippen LogP contribution in [0.15, 0.2) is 36.4 Å². The van der Waals surface area contributed by atoms with Gasteiger partial charge in [0.25, 0.3) is 0 Å². The van der Waals surface area contributed by atoms with Crippen molar-refractivity contribution in [2.45, 2.75) is 18.8 Å². The number of nitrogen functional groups attached to an aromatic ring is 2. The van der Waals surface area contributed by atoms with E-state index in [1.54, 1.807) is 0 Å². The Labute approximate surface area is 127 Å². The maximum absolute atomic E-state index is 13.0. The molecular formula is C15H12F6N2. The first kappa shape index (κ1) is 17.0. The van der Waals surface area contributed by atoms with Gasteiger partial charge in [-0.05, 0) is 53.9 Å². The van der Waals surface area contributed by atoms with Crippen molar-refractivity contribution in [3.05, 3.63) is 58.7 Å². The van der Waals surface area contributed by atoms with Crippen molar-refractivity contribution in [3.8, 4) is 0 Å². The van der Waals surface area contributed by atoms with E-state index >= 15 is 0 Å². The van der Waals surface area contributed by atoms with Crippen LogP contribution < -0.4 is 11.5 Å². The molecule has 2 aromatic rings. The van der Waals surface area contributed by atoms with E-state index in [1.807, 2.05) is 0 Å². The average molecular weight is 334 g/mol. The molecule has 0 heterocycles. The highest BCUT2D eigenvalue weighted by Crippen LogP contribution is 2.37. The lowest BCUT2D eigenvalue weighted by Gasteiger charge is -2.17. The normalized spacial score (nSPS) is 12.4. The first-order valence-corrected chi connectivity index (χ1v) is 6.39. The highest BCUT2D eigenvalue weighted by Gasteiger charge is 2.36. The van der Waals surface area contributed by atoms with Gasteiger partial charge in [-0.3, -0.25) is 0 Å². The highest BCUT2D eigenvalue weighted by molar-refractivity contribution is 5.51. The predicted molar refractivity (Wildman–Crippen MR) is 74.5 cm³/mol. The summed E-state index contributed by atoms with van der Waals surface area (Å²) in [5.41, 5.74) is 8.26. The number of anilines is 2. The van der Waals surface area contributed by atoms with Gasteiger partial charge in [0.1, 0.15) is 0 Å². The predicted octanol–water partition coefficient (Wildman–Crippen LogP) is 4.48. The topological polar surface area (TPSA) is 52.0 Å². The first-order valence-electron chi connectivity index (χ1n) is 6.39. The van der Waals surface area contributed by atoms with Crippen molar-refractivity contribution in [1.82, 2.24) is 0 Å². The summed E-state index contributed by atoms with van der Waals surface area (Å²) in [4.78, 5) is 0. The third-order valence-electron chi connectivity index (χ3n) is 3.25. The molecule has 0 saturated carbocycles. The standard InChI is InChI=1S/C15H12F6N2/c16-14(17,18)12-3-1-10(22)6-8(12)5-9-7-11(23)2-4-13(9)15(19,20)21/h1-4,6-7H,5,22-23H2. The summed E-state index contributed by atoms with van der Waals surface area (Å²) in [5.74, 6) is 0. The molecule has 23 heavy (non-hydrogen) atoms. The molecule has 0 aliphatic carbocycles. The molecule has 0 unspecified atom stereocenters. The fourth-order valence-corrected chi connectivity index (χ4v) is 2.28. The minimum atomic E-state index is -4.69.